The molecule has 2 atom stereocenters. The fraction of sp³-hybridized carbons (Fsp3) is 0.884. The highest BCUT2D eigenvalue weighted by Crippen LogP contribution is 2.15. The average Bonchev–Trinajstić information content (AvgIpc) is 3.08. The molecule has 0 aliphatic carbocycles. The summed E-state index contributed by atoms with van der Waals surface area (Å²) in [6, 6.07) is -0.614. The van der Waals surface area contributed by atoms with E-state index < -0.39 is 18.1 Å². The second kappa shape index (κ2) is 35.1. The van der Waals surface area contributed by atoms with Gasteiger partial charge in [-0.05, 0) is 25.7 Å². The Kier molecular flexibility index (Phi) is 33.8. The number of carboxylic acid groups (broad SMARTS) is 1. The van der Waals surface area contributed by atoms with Crippen molar-refractivity contribution in [1.82, 2.24) is 0 Å². The number of rotatable bonds is 38. The molecule has 0 fully saturated rings. The first-order valence-electron chi connectivity index (χ1n) is 21.2. The first-order valence-corrected chi connectivity index (χ1v) is 21.2. The third-order valence-electron chi connectivity index (χ3n) is 9.68. The molecule has 8 heteroatoms. The molecule has 1 N–H and O–H groups in total. The van der Waals surface area contributed by atoms with E-state index >= 15 is 0 Å². The van der Waals surface area contributed by atoms with Crippen molar-refractivity contribution < 1.29 is 38.2 Å². The summed E-state index contributed by atoms with van der Waals surface area (Å²) in [5, 5.41) is 9.58. The van der Waals surface area contributed by atoms with Gasteiger partial charge in [0.2, 0.25) is 0 Å². The molecule has 0 saturated heterocycles. The smallest absolute Gasteiger partial charge is 0.362 e. The van der Waals surface area contributed by atoms with Crippen LogP contribution >= 0.6 is 0 Å². The molecule has 0 saturated carbocycles. The maximum Gasteiger partial charge on any atom is 0.362 e. The molecule has 0 aliphatic heterocycles. The van der Waals surface area contributed by atoms with Crippen LogP contribution in [0.25, 0.3) is 0 Å². The van der Waals surface area contributed by atoms with Gasteiger partial charge in [0.25, 0.3) is 0 Å². The molecule has 0 aromatic carbocycles. The van der Waals surface area contributed by atoms with Crippen LogP contribution in [-0.2, 0) is 28.6 Å². The van der Waals surface area contributed by atoms with Gasteiger partial charge >= 0.3 is 17.9 Å². The lowest BCUT2D eigenvalue weighted by molar-refractivity contribution is -0.887. The minimum absolute atomic E-state index is 0.0506. The van der Waals surface area contributed by atoms with Crippen LogP contribution in [0.15, 0.2) is 12.2 Å². The lowest BCUT2D eigenvalue weighted by atomic mass is 10.0. The van der Waals surface area contributed by atoms with Crippen molar-refractivity contribution in [3.05, 3.63) is 12.2 Å². The topological polar surface area (TPSA) is 99.1 Å². The van der Waals surface area contributed by atoms with E-state index in [1.54, 1.807) is 0 Å². The summed E-state index contributed by atoms with van der Waals surface area (Å²) in [4.78, 5) is 36.7. The standard InChI is InChI=1S/C43H81NO7/c1-6-8-10-12-14-16-17-18-19-20-21-22-23-24-25-26-28-29-31-33-41(45)50-38-39(37-49-36-35-40(43(47)48)44(3,4)5)51-42(46)34-32-30-27-15-13-11-9-7-2/h27,30,39-40H,6-26,28-29,31-38H2,1-5H3/p+1/b30-27+. The molecule has 300 valence electrons. The maximum atomic E-state index is 12.6. The van der Waals surface area contributed by atoms with Crippen molar-refractivity contribution in [1.29, 1.82) is 0 Å². The number of carbonyl (C=O) groups is 3. The van der Waals surface area contributed by atoms with E-state index in [1.807, 2.05) is 27.2 Å². The molecule has 51 heavy (non-hydrogen) atoms. The Balaban J connectivity index is 4.20. The first-order chi connectivity index (χ1) is 24.6. The predicted molar refractivity (Wildman–Crippen MR) is 211 cm³/mol. The van der Waals surface area contributed by atoms with Crippen molar-refractivity contribution in [3.8, 4) is 0 Å². The SMILES string of the molecule is CCCCCC/C=C/CCC(=O)OC(COCCC(C(=O)O)[N+](C)(C)C)COC(=O)CCCCCCCCCCCCCCCCCCCCC. The number of aliphatic carboxylic acids is 1. The van der Waals surface area contributed by atoms with E-state index in [4.69, 9.17) is 14.2 Å². The van der Waals surface area contributed by atoms with Gasteiger partial charge in [-0.1, -0.05) is 161 Å². The van der Waals surface area contributed by atoms with Gasteiger partial charge in [-0.25, -0.2) is 4.79 Å². The van der Waals surface area contributed by atoms with Crippen molar-refractivity contribution in [3.63, 3.8) is 0 Å². The monoisotopic (exact) mass is 725 g/mol. The van der Waals surface area contributed by atoms with Gasteiger partial charge in [0, 0.05) is 19.3 Å². The summed E-state index contributed by atoms with van der Waals surface area (Å²) in [5.74, 6) is -1.52. The van der Waals surface area contributed by atoms with Gasteiger partial charge in [-0.15, -0.1) is 0 Å². The fourth-order valence-corrected chi connectivity index (χ4v) is 6.34. The summed E-state index contributed by atoms with van der Waals surface area (Å²) in [7, 11) is 5.51. The van der Waals surface area contributed by atoms with Crippen molar-refractivity contribution >= 4 is 17.9 Å². The zero-order valence-electron chi connectivity index (χ0n) is 34.1. The zero-order chi connectivity index (χ0) is 37.8. The Morgan fingerprint density at radius 2 is 1.02 bits per heavy atom. The number of carbonyl (C=O) groups excluding carboxylic acids is 2. The molecular weight excluding hydrogens is 642 g/mol. The number of likely N-dealkylation sites (N-methyl/N-ethyl adjacent to an activating group) is 1. The quantitative estimate of drug-likeness (QED) is 0.0293. The van der Waals surface area contributed by atoms with Crippen LogP contribution in [0.5, 0.6) is 0 Å². The highest BCUT2D eigenvalue weighted by atomic mass is 16.6. The average molecular weight is 725 g/mol. The Labute approximate surface area is 314 Å². The van der Waals surface area contributed by atoms with Gasteiger partial charge in [0.15, 0.2) is 12.1 Å². The number of allylic oxidation sites excluding steroid dienone is 2. The Morgan fingerprint density at radius 1 is 0.569 bits per heavy atom. The lowest BCUT2D eigenvalue weighted by Crippen LogP contribution is -2.50. The zero-order valence-corrected chi connectivity index (χ0v) is 34.1. The Bertz CT molecular complexity index is 854. The number of carboxylic acids is 1. The van der Waals surface area contributed by atoms with E-state index in [0.717, 1.165) is 32.1 Å². The van der Waals surface area contributed by atoms with Gasteiger partial charge in [-0.2, -0.15) is 0 Å². The Hall–Kier alpha value is -1.93. The number of ether oxygens (including phenoxy) is 3. The molecule has 8 nitrogen and oxygen atoms in total. The second-order valence-electron chi connectivity index (χ2n) is 15.6. The van der Waals surface area contributed by atoms with Crippen LogP contribution < -0.4 is 0 Å². The van der Waals surface area contributed by atoms with Crippen LogP contribution in [0.4, 0.5) is 0 Å². The highest BCUT2D eigenvalue weighted by molar-refractivity contribution is 5.72. The van der Waals surface area contributed by atoms with E-state index in [9.17, 15) is 19.5 Å². The maximum absolute atomic E-state index is 12.6. The van der Waals surface area contributed by atoms with Crippen LogP contribution in [0.2, 0.25) is 0 Å². The molecule has 0 bridgehead atoms. The number of unbranched alkanes of at least 4 members (excludes halogenated alkanes) is 22. The van der Waals surface area contributed by atoms with Crippen LogP contribution in [0.1, 0.15) is 194 Å². The molecule has 0 rings (SSSR count). The van der Waals surface area contributed by atoms with Crippen LogP contribution in [0.3, 0.4) is 0 Å². The molecular formula is C43H82NO7+. The second-order valence-corrected chi connectivity index (χ2v) is 15.6. The number of nitrogens with zero attached hydrogens (tertiary/aromatic N) is 1. The van der Waals surface area contributed by atoms with Gasteiger partial charge in [-0.3, -0.25) is 9.59 Å². The molecule has 0 spiro atoms. The van der Waals surface area contributed by atoms with Gasteiger partial charge in [0.1, 0.15) is 6.61 Å². The van der Waals surface area contributed by atoms with E-state index in [2.05, 4.69) is 19.9 Å². The minimum atomic E-state index is -0.878. The minimum Gasteiger partial charge on any atom is -0.477 e. The molecule has 0 heterocycles. The van der Waals surface area contributed by atoms with Crippen LogP contribution in [0, 0.1) is 0 Å². The Morgan fingerprint density at radius 3 is 1.49 bits per heavy atom. The van der Waals surface area contributed by atoms with E-state index in [-0.39, 0.29) is 42.7 Å². The van der Waals surface area contributed by atoms with E-state index in [1.165, 1.54) is 122 Å². The molecule has 0 aromatic rings. The summed E-state index contributed by atoms with van der Waals surface area (Å²) in [6.07, 6.45) is 35.7. The predicted octanol–water partition coefficient (Wildman–Crippen LogP) is 11.1. The highest BCUT2D eigenvalue weighted by Gasteiger charge is 2.31. The number of esters is 2. The van der Waals surface area contributed by atoms with Crippen LogP contribution in [-0.4, -0.2) is 80.6 Å². The van der Waals surface area contributed by atoms with E-state index in [0.29, 0.717) is 19.3 Å². The summed E-state index contributed by atoms with van der Waals surface area (Å²) >= 11 is 0. The fourth-order valence-electron chi connectivity index (χ4n) is 6.34. The lowest BCUT2D eigenvalue weighted by Gasteiger charge is -2.31. The molecule has 2 unspecified atom stereocenters. The third-order valence-corrected chi connectivity index (χ3v) is 9.68. The summed E-state index contributed by atoms with van der Waals surface area (Å²) in [5.41, 5.74) is 0. The molecule has 0 aromatic heterocycles. The number of hydrogen-bond donors (Lipinski definition) is 1. The normalized spacial score (nSPS) is 13.0. The molecule has 0 amide bonds. The summed E-state index contributed by atoms with van der Waals surface area (Å²) in [6.45, 7) is 4.67. The van der Waals surface area contributed by atoms with Gasteiger partial charge < -0.3 is 23.8 Å². The molecule has 0 radical (unpaired) electrons. The van der Waals surface area contributed by atoms with Crippen molar-refractivity contribution in [2.45, 2.75) is 206 Å². The molecule has 0 aliphatic rings. The summed E-state index contributed by atoms with van der Waals surface area (Å²) < 4.78 is 17.1. The number of quaternary nitrogens is 1. The van der Waals surface area contributed by atoms with Gasteiger partial charge in [0.05, 0.1) is 34.4 Å². The third kappa shape index (κ3) is 33.6. The van der Waals surface area contributed by atoms with Crippen molar-refractivity contribution in [2.24, 2.45) is 0 Å². The first kappa shape index (κ1) is 49.1. The number of hydrogen-bond acceptors (Lipinski definition) is 6. The largest absolute Gasteiger partial charge is 0.477 e. The van der Waals surface area contributed by atoms with Crippen molar-refractivity contribution in [2.75, 3.05) is 41.0 Å².